The summed E-state index contributed by atoms with van der Waals surface area (Å²) in [5.41, 5.74) is 6.66. The van der Waals surface area contributed by atoms with Gasteiger partial charge in [-0.3, -0.25) is 24.1 Å². The van der Waals surface area contributed by atoms with Gasteiger partial charge in [0.25, 0.3) is 5.91 Å². The van der Waals surface area contributed by atoms with Crippen LogP contribution in [0.5, 0.6) is 0 Å². The topological polar surface area (TPSA) is 167 Å². The molecule has 6 N–H and O–H groups in total. The first-order valence-corrected chi connectivity index (χ1v) is 17.1. The summed E-state index contributed by atoms with van der Waals surface area (Å²) in [6.45, 7) is 6.61. The average Bonchev–Trinajstić information content (AvgIpc) is 3.06. The van der Waals surface area contributed by atoms with Gasteiger partial charge in [-0.15, -0.1) is 0 Å². The molecule has 4 amide bonds. The number of benzene rings is 2. The molecule has 2 aliphatic rings. The Balaban J connectivity index is 1.36. The molecule has 11 heteroatoms. The number of allylic oxidation sites excluding steroid dienone is 2. The molecule has 0 unspecified atom stereocenters. The standard InChI is InChI=1S/C38H48N6O5/c1-38(2,3)43-37(49)32-20-26-14-7-8-15-27(26)22-44(32)23-33(45)30(19-24-11-5-4-6-12-24)41-36(48)31(21-34(39)46)42-35(47)29-18-17-25-13-9-10-16-28(25)40-29/h4-7,9-14,16-18,26-27,30-33,45H,8,15,19-23H2,1-3H3,(H2,39,46)(H,41,48)(H,42,47)(H,43,49)/t26-,27+,30-,31-,32-,33+/m0/s1. The number of piperidine rings is 1. The van der Waals surface area contributed by atoms with E-state index in [0.717, 1.165) is 23.8 Å². The maximum atomic E-state index is 13.8. The van der Waals surface area contributed by atoms with Crippen LogP contribution in [0.25, 0.3) is 10.9 Å². The zero-order valence-corrected chi connectivity index (χ0v) is 28.5. The molecule has 0 saturated carbocycles. The molecule has 2 heterocycles. The van der Waals surface area contributed by atoms with Crippen LogP contribution in [0.3, 0.4) is 0 Å². The molecule has 1 aliphatic carbocycles. The van der Waals surface area contributed by atoms with Gasteiger partial charge in [0.1, 0.15) is 11.7 Å². The van der Waals surface area contributed by atoms with Crippen LogP contribution in [0.2, 0.25) is 0 Å². The number of aliphatic hydroxyl groups is 1. The molecule has 1 fully saturated rings. The van der Waals surface area contributed by atoms with Crippen LogP contribution in [0.15, 0.2) is 78.9 Å². The molecule has 3 aromatic rings. The highest BCUT2D eigenvalue weighted by atomic mass is 16.3. The monoisotopic (exact) mass is 668 g/mol. The molecule has 0 spiro atoms. The molecule has 49 heavy (non-hydrogen) atoms. The van der Waals surface area contributed by atoms with E-state index in [4.69, 9.17) is 5.73 Å². The first kappa shape index (κ1) is 35.7. The molecular weight excluding hydrogens is 620 g/mol. The number of fused-ring (bicyclic) bond motifs is 2. The highest BCUT2D eigenvalue weighted by Gasteiger charge is 2.41. The summed E-state index contributed by atoms with van der Waals surface area (Å²) < 4.78 is 0. The van der Waals surface area contributed by atoms with Gasteiger partial charge in [0, 0.05) is 24.0 Å². The van der Waals surface area contributed by atoms with Crippen molar-refractivity contribution in [2.24, 2.45) is 17.6 Å². The SMILES string of the molecule is CC(C)(C)NC(=O)[C@@H]1C[C@@H]2C=CCC[C@@H]2CN1C[C@@H](O)[C@H](Cc1ccccc1)NC(=O)[C@H](CC(N)=O)NC(=O)c1ccc2ccccc2n1. The van der Waals surface area contributed by atoms with Crippen molar-refractivity contribution >= 4 is 34.5 Å². The Hall–Kier alpha value is -4.61. The minimum Gasteiger partial charge on any atom is -0.390 e. The third kappa shape index (κ3) is 9.73. The summed E-state index contributed by atoms with van der Waals surface area (Å²) in [5, 5.41) is 21.3. The number of aliphatic hydroxyl groups excluding tert-OH is 1. The molecule has 1 aromatic heterocycles. The van der Waals surface area contributed by atoms with Crippen molar-refractivity contribution in [1.82, 2.24) is 25.8 Å². The number of likely N-dealkylation sites (tertiary alicyclic amines) is 1. The fraction of sp³-hybridized carbons (Fsp3) is 0.447. The molecule has 1 aliphatic heterocycles. The molecule has 11 nitrogen and oxygen atoms in total. The van der Waals surface area contributed by atoms with Gasteiger partial charge >= 0.3 is 0 Å². The minimum atomic E-state index is -1.31. The second-order valence-electron chi connectivity index (χ2n) is 14.3. The van der Waals surface area contributed by atoms with Crippen molar-refractivity contribution < 1.29 is 24.3 Å². The van der Waals surface area contributed by atoms with Crippen molar-refractivity contribution in [2.75, 3.05) is 13.1 Å². The average molecular weight is 669 g/mol. The fourth-order valence-corrected chi connectivity index (χ4v) is 6.85. The Morgan fingerprint density at radius 3 is 2.47 bits per heavy atom. The van der Waals surface area contributed by atoms with Crippen LogP contribution in [0.1, 0.15) is 62.5 Å². The number of β-amino-alcohol motifs (C(OH)–C–C–N with tert-alkyl or cyclic N) is 1. The third-order valence-electron chi connectivity index (χ3n) is 9.27. The molecule has 0 radical (unpaired) electrons. The maximum Gasteiger partial charge on any atom is 0.270 e. The highest BCUT2D eigenvalue weighted by molar-refractivity contribution is 5.99. The molecule has 0 bridgehead atoms. The number of nitrogens with one attached hydrogen (secondary N) is 3. The lowest BCUT2D eigenvalue weighted by Gasteiger charge is -2.45. The van der Waals surface area contributed by atoms with Crippen molar-refractivity contribution in [3.05, 3.63) is 90.1 Å². The number of hydrogen-bond donors (Lipinski definition) is 5. The highest BCUT2D eigenvalue weighted by Crippen LogP contribution is 2.35. The van der Waals surface area contributed by atoms with Crippen molar-refractivity contribution in [1.29, 1.82) is 0 Å². The van der Waals surface area contributed by atoms with Crippen molar-refractivity contribution in [3.63, 3.8) is 0 Å². The quantitative estimate of drug-likeness (QED) is 0.185. The van der Waals surface area contributed by atoms with Gasteiger partial charge in [-0.1, -0.05) is 66.7 Å². The van der Waals surface area contributed by atoms with E-state index in [1.54, 1.807) is 18.2 Å². The van der Waals surface area contributed by atoms with Gasteiger partial charge in [-0.05, 0) is 76.0 Å². The van der Waals surface area contributed by atoms with E-state index >= 15 is 0 Å². The number of amides is 4. The molecule has 1 saturated heterocycles. The minimum absolute atomic E-state index is 0.0855. The zero-order chi connectivity index (χ0) is 35.1. The largest absolute Gasteiger partial charge is 0.390 e. The Labute approximate surface area is 287 Å². The lowest BCUT2D eigenvalue weighted by atomic mass is 9.76. The summed E-state index contributed by atoms with van der Waals surface area (Å²) >= 11 is 0. The van der Waals surface area contributed by atoms with Gasteiger partial charge in [-0.2, -0.15) is 0 Å². The molecule has 5 rings (SSSR count). The Morgan fingerprint density at radius 1 is 1.00 bits per heavy atom. The van der Waals surface area contributed by atoms with E-state index in [1.807, 2.05) is 74.2 Å². The van der Waals surface area contributed by atoms with Crippen LogP contribution >= 0.6 is 0 Å². The molecule has 6 atom stereocenters. The number of nitrogens with two attached hydrogens (primary N) is 1. The smallest absolute Gasteiger partial charge is 0.270 e. The van der Waals surface area contributed by atoms with E-state index in [2.05, 4.69) is 33.1 Å². The maximum absolute atomic E-state index is 13.8. The van der Waals surface area contributed by atoms with Gasteiger partial charge in [0.05, 0.1) is 30.1 Å². The lowest BCUT2D eigenvalue weighted by molar-refractivity contribution is -0.132. The molecular formula is C38H48N6O5. The zero-order valence-electron chi connectivity index (χ0n) is 28.5. The number of hydrogen-bond acceptors (Lipinski definition) is 7. The number of aromatic nitrogens is 1. The Kier molecular flexibility index (Phi) is 11.5. The van der Waals surface area contributed by atoms with Gasteiger partial charge < -0.3 is 26.8 Å². The predicted octanol–water partition coefficient (Wildman–Crippen LogP) is 2.87. The van der Waals surface area contributed by atoms with Gasteiger partial charge in [0.15, 0.2) is 0 Å². The number of rotatable bonds is 12. The first-order chi connectivity index (χ1) is 23.4. The third-order valence-corrected chi connectivity index (χ3v) is 9.27. The number of nitrogens with zero attached hydrogens (tertiary/aromatic N) is 2. The van der Waals surface area contributed by atoms with Crippen LogP contribution in [-0.2, 0) is 20.8 Å². The van der Waals surface area contributed by atoms with E-state index < -0.39 is 53.9 Å². The van der Waals surface area contributed by atoms with E-state index in [1.165, 1.54) is 0 Å². The Bertz CT molecular complexity index is 1670. The second kappa shape index (κ2) is 15.7. The van der Waals surface area contributed by atoms with Crippen molar-refractivity contribution in [2.45, 2.75) is 82.6 Å². The summed E-state index contributed by atoms with van der Waals surface area (Å²) in [4.78, 5) is 59.2. The van der Waals surface area contributed by atoms with Gasteiger partial charge in [-0.25, -0.2) is 4.98 Å². The van der Waals surface area contributed by atoms with Gasteiger partial charge in [0.2, 0.25) is 17.7 Å². The van der Waals surface area contributed by atoms with E-state index in [0.29, 0.717) is 24.4 Å². The molecule has 260 valence electrons. The van der Waals surface area contributed by atoms with Crippen LogP contribution in [0.4, 0.5) is 0 Å². The normalized spacial score (nSPS) is 21.2. The van der Waals surface area contributed by atoms with Crippen LogP contribution in [0, 0.1) is 11.8 Å². The predicted molar refractivity (Wildman–Crippen MR) is 188 cm³/mol. The van der Waals surface area contributed by atoms with Crippen LogP contribution in [-0.4, -0.2) is 81.5 Å². The number of primary amides is 1. The number of pyridine rings is 1. The summed E-state index contributed by atoms with van der Waals surface area (Å²) in [6.07, 6.45) is 5.77. The van der Waals surface area contributed by atoms with E-state index in [9.17, 15) is 24.3 Å². The number of carbonyl (C=O) groups excluding carboxylic acids is 4. The number of carbonyl (C=O) groups is 4. The fourth-order valence-electron chi connectivity index (χ4n) is 6.85. The molecule has 2 aromatic carbocycles. The first-order valence-electron chi connectivity index (χ1n) is 17.1. The van der Waals surface area contributed by atoms with Crippen molar-refractivity contribution in [3.8, 4) is 0 Å². The number of para-hydroxylation sites is 1. The van der Waals surface area contributed by atoms with E-state index in [-0.39, 0.29) is 30.5 Å². The Morgan fingerprint density at radius 2 is 1.73 bits per heavy atom. The second-order valence-corrected chi connectivity index (χ2v) is 14.3. The summed E-state index contributed by atoms with van der Waals surface area (Å²) in [5.74, 6) is -1.52. The summed E-state index contributed by atoms with van der Waals surface area (Å²) in [6, 6.07) is 17.5. The van der Waals surface area contributed by atoms with Crippen LogP contribution < -0.4 is 21.7 Å². The summed E-state index contributed by atoms with van der Waals surface area (Å²) in [7, 11) is 0. The lowest BCUT2D eigenvalue weighted by Crippen LogP contribution is -2.61.